The topological polar surface area (TPSA) is 116 Å². The molecule has 2 aromatic carbocycles. The summed E-state index contributed by atoms with van der Waals surface area (Å²) in [6.45, 7) is 0.922. The van der Waals surface area contributed by atoms with Gasteiger partial charge < -0.3 is 14.9 Å². The number of ether oxygens (including phenoxy) is 1. The second kappa shape index (κ2) is 8.70. The van der Waals surface area contributed by atoms with Gasteiger partial charge in [0.25, 0.3) is 5.91 Å². The Balaban J connectivity index is 1.54. The van der Waals surface area contributed by atoms with Gasteiger partial charge in [-0.25, -0.2) is 13.4 Å². The summed E-state index contributed by atoms with van der Waals surface area (Å²) in [5, 5.41) is 0.502. The highest BCUT2D eigenvalue weighted by Crippen LogP contribution is 2.29. The van der Waals surface area contributed by atoms with E-state index in [9.17, 15) is 13.2 Å². The van der Waals surface area contributed by atoms with Crippen LogP contribution in [0.15, 0.2) is 58.0 Å². The van der Waals surface area contributed by atoms with Crippen molar-refractivity contribution in [2.75, 3.05) is 13.1 Å². The number of hydrogen-bond acceptors (Lipinski definition) is 6. The van der Waals surface area contributed by atoms with Crippen LogP contribution in [0.4, 0.5) is 0 Å². The zero-order chi connectivity index (χ0) is 22.0. The maximum atomic E-state index is 12.8. The fourth-order valence-corrected chi connectivity index (χ4v) is 5.11. The molecule has 31 heavy (non-hydrogen) atoms. The summed E-state index contributed by atoms with van der Waals surface area (Å²) in [5.74, 6) is -0.285. The Bertz CT molecular complexity index is 1220. The molecule has 0 bridgehead atoms. The number of hydrogen-bond donors (Lipinski definition) is 1. The molecule has 0 aliphatic carbocycles. The first-order valence-corrected chi connectivity index (χ1v) is 11.4. The molecule has 8 nitrogen and oxygen atoms in total. The van der Waals surface area contributed by atoms with Crippen molar-refractivity contribution in [1.82, 2.24) is 9.29 Å². The Hall–Kier alpha value is -2.88. The lowest BCUT2D eigenvalue weighted by molar-refractivity contribution is 0.0995. The molecule has 162 valence electrons. The maximum absolute atomic E-state index is 12.8. The third kappa shape index (κ3) is 4.43. The van der Waals surface area contributed by atoms with Crippen LogP contribution in [0.2, 0.25) is 5.02 Å². The van der Waals surface area contributed by atoms with E-state index in [4.69, 9.17) is 26.5 Å². The van der Waals surface area contributed by atoms with Crippen molar-refractivity contribution >= 4 is 27.5 Å². The van der Waals surface area contributed by atoms with Gasteiger partial charge in [0, 0.05) is 13.1 Å². The number of rotatable bonds is 7. The molecule has 4 rings (SSSR count). The summed E-state index contributed by atoms with van der Waals surface area (Å²) in [4.78, 5) is 16.3. The van der Waals surface area contributed by atoms with E-state index in [2.05, 4.69) is 4.98 Å². The van der Waals surface area contributed by atoms with Gasteiger partial charge in [0.15, 0.2) is 0 Å². The molecule has 1 fully saturated rings. The van der Waals surface area contributed by atoms with Crippen LogP contribution in [0.25, 0.3) is 11.5 Å². The second-order valence-electron chi connectivity index (χ2n) is 7.05. The van der Waals surface area contributed by atoms with Gasteiger partial charge in [0.1, 0.15) is 24.3 Å². The van der Waals surface area contributed by atoms with E-state index in [1.165, 1.54) is 28.8 Å². The van der Waals surface area contributed by atoms with Gasteiger partial charge in [-0.15, -0.1) is 0 Å². The molecule has 0 spiro atoms. The standard InChI is InChI=1S/C21H20ClN3O5S/c22-18-6-2-1-5-16(18)21-24-14(13-30-21)12-29-19-8-7-15(11-17(19)20(23)26)31(27,28)25-9-3-4-10-25/h1-2,5-8,11,13H,3-4,9-10,12H2,(H2,23,26). The van der Waals surface area contributed by atoms with E-state index < -0.39 is 15.9 Å². The minimum absolute atomic E-state index is 0.00749. The van der Waals surface area contributed by atoms with Crippen LogP contribution in [-0.2, 0) is 16.6 Å². The van der Waals surface area contributed by atoms with E-state index in [0.29, 0.717) is 35.3 Å². The van der Waals surface area contributed by atoms with Crippen LogP contribution >= 0.6 is 11.6 Å². The summed E-state index contributed by atoms with van der Waals surface area (Å²) in [6.07, 6.45) is 3.06. The van der Waals surface area contributed by atoms with E-state index in [-0.39, 0.29) is 22.8 Å². The number of nitrogens with zero attached hydrogens (tertiary/aromatic N) is 2. The third-order valence-corrected chi connectivity index (χ3v) is 7.18. The molecule has 0 saturated carbocycles. The first-order chi connectivity index (χ1) is 14.9. The van der Waals surface area contributed by atoms with Gasteiger partial charge in [0.05, 0.1) is 21.0 Å². The van der Waals surface area contributed by atoms with E-state index >= 15 is 0 Å². The van der Waals surface area contributed by atoms with Crippen LogP contribution in [0.3, 0.4) is 0 Å². The Kier molecular flexibility index (Phi) is 5.99. The lowest BCUT2D eigenvalue weighted by Gasteiger charge is -2.17. The number of benzene rings is 2. The number of carbonyl (C=O) groups excluding carboxylic acids is 1. The molecule has 3 aromatic rings. The van der Waals surface area contributed by atoms with Crippen molar-refractivity contribution in [1.29, 1.82) is 0 Å². The number of carbonyl (C=O) groups is 1. The molecule has 2 N–H and O–H groups in total. The fourth-order valence-electron chi connectivity index (χ4n) is 3.35. The van der Waals surface area contributed by atoms with Crippen LogP contribution < -0.4 is 10.5 Å². The number of oxazole rings is 1. The van der Waals surface area contributed by atoms with Gasteiger partial charge in [0.2, 0.25) is 15.9 Å². The van der Waals surface area contributed by atoms with Gasteiger partial charge in [-0.1, -0.05) is 23.7 Å². The molecule has 0 radical (unpaired) electrons. The molecule has 1 aliphatic heterocycles. The Labute approximate surface area is 184 Å². The summed E-state index contributed by atoms with van der Waals surface area (Å²) in [5.41, 5.74) is 6.57. The third-order valence-electron chi connectivity index (χ3n) is 4.95. The number of sulfonamides is 1. The first kappa shape index (κ1) is 21.4. The molecule has 1 aromatic heterocycles. The Morgan fingerprint density at radius 2 is 1.94 bits per heavy atom. The summed E-state index contributed by atoms with van der Waals surface area (Å²) < 4.78 is 38.1. The van der Waals surface area contributed by atoms with Crippen LogP contribution in [0, 0.1) is 0 Å². The summed E-state index contributed by atoms with van der Waals surface area (Å²) in [7, 11) is -3.68. The second-order valence-corrected chi connectivity index (χ2v) is 9.39. The van der Waals surface area contributed by atoms with E-state index in [0.717, 1.165) is 12.8 Å². The molecular weight excluding hydrogens is 442 g/mol. The Morgan fingerprint density at radius 3 is 2.65 bits per heavy atom. The molecule has 2 heterocycles. The highest BCUT2D eigenvalue weighted by Gasteiger charge is 2.28. The smallest absolute Gasteiger partial charge is 0.252 e. The van der Waals surface area contributed by atoms with Crippen molar-refractivity contribution in [3.63, 3.8) is 0 Å². The molecule has 1 aliphatic rings. The fraction of sp³-hybridized carbons (Fsp3) is 0.238. The average Bonchev–Trinajstić information content (AvgIpc) is 3.45. The van der Waals surface area contributed by atoms with Crippen molar-refractivity contribution < 1.29 is 22.4 Å². The van der Waals surface area contributed by atoms with Crippen molar-refractivity contribution in [2.45, 2.75) is 24.3 Å². The normalized spacial score (nSPS) is 14.6. The molecule has 1 amide bonds. The summed E-state index contributed by atoms with van der Waals surface area (Å²) in [6, 6.07) is 11.2. The van der Waals surface area contributed by atoms with Crippen LogP contribution in [0.5, 0.6) is 5.75 Å². The van der Waals surface area contributed by atoms with Gasteiger partial charge >= 0.3 is 0 Å². The minimum atomic E-state index is -3.68. The Morgan fingerprint density at radius 1 is 1.19 bits per heavy atom. The number of halogens is 1. The number of amides is 1. The van der Waals surface area contributed by atoms with E-state index in [1.807, 2.05) is 6.07 Å². The molecule has 10 heteroatoms. The monoisotopic (exact) mass is 461 g/mol. The van der Waals surface area contributed by atoms with Crippen molar-refractivity contribution in [3.8, 4) is 17.2 Å². The van der Waals surface area contributed by atoms with Gasteiger partial charge in [-0.3, -0.25) is 4.79 Å². The number of primary amides is 1. The minimum Gasteiger partial charge on any atom is -0.486 e. The highest BCUT2D eigenvalue weighted by molar-refractivity contribution is 7.89. The van der Waals surface area contributed by atoms with Gasteiger partial charge in [-0.2, -0.15) is 4.31 Å². The molecule has 0 atom stereocenters. The predicted octanol–water partition coefficient (Wildman–Crippen LogP) is 3.46. The SMILES string of the molecule is NC(=O)c1cc(S(=O)(=O)N2CCCC2)ccc1OCc1coc(-c2ccccc2Cl)n1. The lowest BCUT2D eigenvalue weighted by atomic mass is 10.2. The zero-order valence-electron chi connectivity index (χ0n) is 16.5. The largest absolute Gasteiger partial charge is 0.486 e. The highest BCUT2D eigenvalue weighted by atomic mass is 35.5. The molecular formula is C21H20ClN3O5S. The lowest BCUT2D eigenvalue weighted by Crippen LogP contribution is -2.28. The van der Waals surface area contributed by atoms with Crippen LogP contribution in [0.1, 0.15) is 28.9 Å². The predicted molar refractivity (Wildman–Crippen MR) is 114 cm³/mol. The van der Waals surface area contributed by atoms with Gasteiger partial charge in [-0.05, 0) is 43.2 Å². The van der Waals surface area contributed by atoms with Crippen molar-refractivity contribution in [2.24, 2.45) is 5.73 Å². The maximum Gasteiger partial charge on any atom is 0.252 e. The quantitative estimate of drug-likeness (QED) is 0.576. The molecule has 0 unspecified atom stereocenters. The zero-order valence-corrected chi connectivity index (χ0v) is 18.0. The summed E-state index contributed by atoms with van der Waals surface area (Å²) >= 11 is 6.16. The number of nitrogens with two attached hydrogens (primary N) is 1. The number of aromatic nitrogens is 1. The van der Waals surface area contributed by atoms with Crippen LogP contribution in [-0.4, -0.2) is 36.7 Å². The first-order valence-electron chi connectivity index (χ1n) is 9.62. The molecule has 1 saturated heterocycles. The van der Waals surface area contributed by atoms with E-state index in [1.54, 1.807) is 18.2 Å². The average molecular weight is 462 g/mol. The van der Waals surface area contributed by atoms with Crippen molar-refractivity contribution in [3.05, 3.63) is 65.0 Å².